The number of anilines is 1. The van der Waals surface area contributed by atoms with Gasteiger partial charge >= 0.3 is 5.97 Å². The summed E-state index contributed by atoms with van der Waals surface area (Å²) < 4.78 is 1.72. The van der Waals surface area contributed by atoms with Gasteiger partial charge in [0.2, 0.25) is 0 Å². The molecule has 3 aromatic heterocycles. The summed E-state index contributed by atoms with van der Waals surface area (Å²) >= 11 is 0. The molecule has 0 aliphatic carbocycles. The Hall–Kier alpha value is -4.53. The first kappa shape index (κ1) is 24.6. The molecule has 0 radical (unpaired) electrons. The summed E-state index contributed by atoms with van der Waals surface area (Å²) in [7, 11) is 0. The van der Waals surface area contributed by atoms with Gasteiger partial charge in [-0.1, -0.05) is 31.5 Å². The predicted molar refractivity (Wildman–Crippen MR) is 137 cm³/mol. The minimum absolute atomic E-state index is 0.0484. The second-order valence-corrected chi connectivity index (χ2v) is 8.30. The van der Waals surface area contributed by atoms with E-state index in [2.05, 4.69) is 32.6 Å². The summed E-state index contributed by atoms with van der Waals surface area (Å²) in [4.78, 5) is 31.8. The fraction of sp³-hybridized carbons (Fsp3) is 0.222. The molecule has 1 atom stereocenters. The zero-order chi connectivity index (χ0) is 25.3. The number of carbonyl (C=O) groups is 2. The Kier molecular flexibility index (Phi) is 8.02. The van der Waals surface area contributed by atoms with Crippen molar-refractivity contribution in [1.29, 1.82) is 0 Å². The lowest BCUT2D eigenvalue weighted by atomic mass is 10.0. The number of aromatic nitrogens is 4. The van der Waals surface area contributed by atoms with Gasteiger partial charge in [0.15, 0.2) is 5.82 Å². The third-order valence-electron chi connectivity index (χ3n) is 5.64. The molecule has 0 saturated heterocycles. The second kappa shape index (κ2) is 11.7. The zero-order valence-corrected chi connectivity index (χ0v) is 20.0. The van der Waals surface area contributed by atoms with Gasteiger partial charge in [0.05, 0.1) is 36.2 Å². The largest absolute Gasteiger partial charge is 0.481 e. The first-order chi connectivity index (χ1) is 17.5. The van der Waals surface area contributed by atoms with Crippen molar-refractivity contribution < 1.29 is 14.7 Å². The molecule has 0 bridgehead atoms. The molecule has 0 fully saturated rings. The summed E-state index contributed by atoms with van der Waals surface area (Å²) in [6.45, 7) is 2.22. The van der Waals surface area contributed by atoms with E-state index in [0.717, 1.165) is 35.3 Å². The Labute approximate surface area is 209 Å². The van der Waals surface area contributed by atoms with Crippen molar-refractivity contribution in [1.82, 2.24) is 25.1 Å². The van der Waals surface area contributed by atoms with Crippen molar-refractivity contribution in [2.24, 2.45) is 0 Å². The average Bonchev–Trinajstić information content (AvgIpc) is 3.40. The summed E-state index contributed by atoms with van der Waals surface area (Å²) in [6.07, 6.45) is 8.97. The van der Waals surface area contributed by atoms with Crippen molar-refractivity contribution >= 4 is 17.6 Å². The number of pyridine rings is 2. The van der Waals surface area contributed by atoms with Gasteiger partial charge in [-0.2, -0.15) is 5.10 Å². The molecule has 0 aliphatic rings. The maximum Gasteiger partial charge on any atom is 0.305 e. The molecule has 3 N–H and O–H groups in total. The van der Waals surface area contributed by atoms with Crippen molar-refractivity contribution in [3.05, 3.63) is 90.5 Å². The number of aliphatic carboxylic acids is 1. The SMILES string of the molecule is CCCC(Nc1ccc(-n2cc(-c3ccccn3)cn2)nc1)c1ccc(C(=O)NCCC(=O)O)cc1. The van der Waals surface area contributed by atoms with Gasteiger partial charge in [-0.05, 0) is 48.4 Å². The second-order valence-electron chi connectivity index (χ2n) is 8.30. The van der Waals surface area contributed by atoms with Crippen molar-refractivity contribution in [3.8, 4) is 17.1 Å². The molecule has 184 valence electrons. The number of hydrogen-bond acceptors (Lipinski definition) is 6. The molecule has 4 aromatic rings. The van der Waals surface area contributed by atoms with E-state index in [9.17, 15) is 9.59 Å². The number of hydrogen-bond donors (Lipinski definition) is 3. The highest BCUT2D eigenvalue weighted by Gasteiger charge is 2.13. The average molecular weight is 485 g/mol. The number of carbonyl (C=O) groups excluding carboxylic acids is 1. The van der Waals surface area contributed by atoms with Crippen molar-refractivity contribution in [3.63, 3.8) is 0 Å². The van der Waals surface area contributed by atoms with Crippen LogP contribution in [0.3, 0.4) is 0 Å². The van der Waals surface area contributed by atoms with E-state index in [-0.39, 0.29) is 24.9 Å². The smallest absolute Gasteiger partial charge is 0.305 e. The lowest BCUT2D eigenvalue weighted by molar-refractivity contribution is -0.136. The normalized spacial score (nSPS) is 11.6. The van der Waals surface area contributed by atoms with E-state index < -0.39 is 5.97 Å². The van der Waals surface area contributed by atoms with Crippen LogP contribution in [0.2, 0.25) is 0 Å². The highest BCUT2D eigenvalue weighted by molar-refractivity contribution is 5.94. The number of carboxylic acids is 1. The topological polar surface area (TPSA) is 122 Å². The van der Waals surface area contributed by atoms with Gasteiger partial charge in [-0.3, -0.25) is 14.6 Å². The van der Waals surface area contributed by atoms with Gasteiger partial charge in [0.1, 0.15) is 0 Å². The highest BCUT2D eigenvalue weighted by Crippen LogP contribution is 2.25. The molecule has 4 rings (SSSR count). The Bertz CT molecular complexity index is 1290. The summed E-state index contributed by atoms with van der Waals surface area (Å²) in [5, 5.41) is 19.3. The Morgan fingerprint density at radius 1 is 1.03 bits per heavy atom. The molecule has 0 saturated carbocycles. The van der Waals surface area contributed by atoms with Gasteiger partial charge in [0, 0.05) is 30.1 Å². The van der Waals surface area contributed by atoms with Gasteiger partial charge in [0.25, 0.3) is 5.91 Å². The zero-order valence-electron chi connectivity index (χ0n) is 20.0. The van der Waals surface area contributed by atoms with Crippen LogP contribution >= 0.6 is 0 Å². The fourth-order valence-corrected chi connectivity index (χ4v) is 3.78. The van der Waals surface area contributed by atoms with Gasteiger partial charge in [-0.25, -0.2) is 9.67 Å². The third kappa shape index (κ3) is 6.32. The van der Waals surface area contributed by atoms with Crippen LogP contribution < -0.4 is 10.6 Å². The third-order valence-corrected chi connectivity index (χ3v) is 5.64. The Morgan fingerprint density at radius 2 is 1.86 bits per heavy atom. The van der Waals surface area contributed by atoms with Crippen molar-refractivity contribution in [2.45, 2.75) is 32.2 Å². The van der Waals surface area contributed by atoms with Crippen LogP contribution in [0.15, 0.2) is 79.4 Å². The molecule has 1 aromatic carbocycles. The number of carboxylic acid groups (broad SMARTS) is 1. The number of nitrogens with one attached hydrogen (secondary N) is 2. The van der Waals surface area contributed by atoms with Gasteiger partial charge < -0.3 is 15.7 Å². The minimum atomic E-state index is -0.944. The summed E-state index contributed by atoms with van der Waals surface area (Å²) in [5.74, 6) is -0.527. The minimum Gasteiger partial charge on any atom is -0.481 e. The van der Waals surface area contributed by atoms with E-state index in [1.807, 2.05) is 48.7 Å². The van der Waals surface area contributed by atoms with Crippen LogP contribution in [0.5, 0.6) is 0 Å². The number of rotatable bonds is 11. The number of nitrogens with zero attached hydrogens (tertiary/aromatic N) is 4. The Balaban J connectivity index is 1.41. The Morgan fingerprint density at radius 3 is 2.53 bits per heavy atom. The maximum atomic E-state index is 12.2. The van der Waals surface area contributed by atoms with Crippen LogP contribution in [-0.4, -0.2) is 43.3 Å². The molecule has 9 nitrogen and oxygen atoms in total. The van der Waals surface area contributed by atoms with E-state index >= 15 is 0 Å². The lowest BCUT2D eigenvalue weighted by Gasteiger charge is -2.20. The number of amides is 1. The van der Waals surface area contributed by atoms with Crippen molar-refractivity contribution in [2.75, 3.05) is 11.9 Å². The van der Waals surface area contributed by atoms with Crippen LogP contribution in [-0.2, 0) is 4.79 Å². The molecule has 1 unspecified atom stereocenters. The van der Waals surface area contributed by atoms with Crippen LogP contribution in [0.4, 0.5) is 5.69 Å². The van der Waals surface area contributed by atoms with E-state index in [0.29, 0.717) is 11.4 Å². The first-order valence-corrected chi connectivity index (χ1v) is 11.8. The van der Waals surface area contributed by atoms with Crippen LogP contribution in [0.1, 0.15) is 48.1 Å². The lowest BCUT2D eigenvalue weighted by Crippen LogP contribution is -2.26. The molecule has 0 spiro atoms. The maximum absolute atomic E-state index is 12.2. The monoisotopic (exact) mass is 484 g/mol. The van der Waals surface area contributed by atoms with Crippen LogP contribution in [0.25, 0.3) is 17.1 Å². The van der Waals surface area contributed by atoms with E-state index in [4.69, 9.17) is 5.11 Å². The fourth-order valence-electron chi connectivity index (χ4n) is 3.78. The standard InChI is InChI=1S/C27H28N6O3/c1-2-5-24(19-7-9-20(10-8-19)27(36)29-15-13-26(34)35)32-22-11-12-25(30-17-22)33-18-21(16-31-33)23-6-3-4-14-28-23/h3-4,6-12,14,16-18,24,32H,2,5,13,15H2,1H3,(H,29,36)(H,34,35). The summed E-state index contributed by atoms with van der Waals surface area (Å²) in [5.41, 5.74) is 4.20. The van der Waals surface area contributed by atoms with E-state index in [1.54, 1.807) is 35.4 Å². The molecule has 1 amide bonds. The summed E-state index contributed by atoms with van der Waals surface area (Å²) in [6, 6.07) is 17.0. The molecular weight excluding hydrogens is 456 g/mol. The quantitative estimate of drug-likeness (QED) is 0.287. The first-order valence-electron chi connectivity index (χ1n) is 11.8. The molecule has 3 heterocycles. The molecule has 9 heteroatoms. The van der Waals surface area contributed by atoms with Gasteiger partial charge in [-0.15, -0.1) is 0 Å². The van der Waals surface area contributed by atoms with E-state index in [1.165, 1.54) is 0 Å². The van der Waals surface area contributed by atoms with Crippen LogP contribution in [0, 0.1) is 0 Å². The highest BCUT2D eigenvalue weighted by atomic mass is 16.4. The molecule has 0 aliphatic heterocycles. The molecular formula is C27H28N6O3. The molecule has 36 heavy (non-hydrogen) atoms. The predicted octanol–water partition coefficient (Wildman–Crippen LogP) is 4.49. The number of benzene rings is 1.